The van der Waals surface area contributed by atoms with Gasteiger partial charge in [-0.2, -0.15) is 0 Å². The summed E-state index contributed by atoms with van der Waals surface area (Å²) in [6.07, 6.45) is 0. The minimum Gasteiger partial charge on any atom is -0.311 e. The summed E-state index contributed by atoms with van der Waals surface area (Å²) in [7, 11) is -2.66. The van der Waals surface area contributed by atoms with Gasteiger partial charge in [-0.25, -0.2) is 0 Å². The maximum atomic E-state index is 5.78. The summed E-state index contributed by atoms with van der Waals surface area (Å²) in [5.74, 6) is 0. The zero-order chi connectivity index (χ0) is 18.4. The second kappa shape index (κ2) is 9.51. The van der Waals surface area contributed by atoms with Crippen molar-refractivity contribution in [3.05, 3.63) is 71.8 Å². The highest BCUT2D eigenvalue weighted by Gasteiger charge is 2.44. The number of rotatable bonds is 6. The first-order valence-corrected chi connectivity index (χ1v) is 11.0. The van der Waals surface area contributed by atoms with Crippen LogP contribution in [0.1, 0.15) is 11.1 Å². The molecule has 0 amide bonds. The molecule has 2 heterocycles. The molecule has 0 aromatic heterocycles. The minimum atomic E-state index is -1.33. The second-order valence-corrected chi connectivity index (χ2v) is 9.00. The summed E-state index contributed by atoms with van der Waals surface area (Å²) in [6, 6.07) is 20.0. The Hall–Kier alpha value is -0.940. The van der Waals surface area contributed by atoms with Crippen LogP contribution in [-0.4, -0.2) is 26.4 Å². The van der Waals surface area contributed by atoms with E-state index in [0.29, 0.717) is 39.6 Å². The molecule has 0 saturated carbocycles. The van der Waals surface area contributed by atoms with Gasteiger partial charge < -0.3 is 27.1 Å². The zero-order valence-corrected chi connectivity index (χ0v) is 16.6. The van der Waals surface area contributed by atoms with Crippen LogP contribution in [0.5, 0.6) is 0 Å². The lowest BCUT2D eigenvalue weighted by atomic mass is 9.93. The predicted molar refractivity (Wildman–Crippen MR) is 103 cm³/mol. The van der Waals surface area contributed by atoms with Crippen LogP contribution in [0.25, 0.3) is 0 Å². The van der Waals surface area contributed by atoms with Crippen molar-refractivity contribution in [1.29, 1.82) is 0 Å². The van der Waals surface area contributed by atoms with Gasteiger partial charge in [-0.05, 0) is 11.1 Å². The van der Waals surface area contributed by atoms with Gasteiger partial charge >= 0.3 is 17.2 Å². The molecule has 2 aromatic rings. The van der Waals surface area contributed by atoms with Crippen molar-refractivity contribution in [3.8, 4) is 0 Å². The lowest BCUT2D eigenvalue weighted by Crippen LogP contribution is -2.44. The molecule has 0 N–H and O–H groups in total. The van der Waals surface area contributed by atoms with E-state index >= 15 is 0 Å². The first kappa shape index (κ1) is 19.4. The Morgan fingerprint density at radius 3 is 1.37 bits per heavy atom. The Morgan fingerprint density at radius 2 is 1.00 bits per heavy atom. The van der Waals surface area contributed by atoms with Crippen LogP contribution >= 0.6 is 17.2 Å². The van der Waals surface area contributed by atoms with Crippen molar-refractivity contribution in [1.82, 2.24) is 0 Å². The van der Waals surface area contributed by atoms with Crippen molar-refractivity contribution < 1.29 is 27.1 Å². The first-order valence-electron chi connectivity index (χ1n) is 8.77. The average Bonchev–Trinajstić information content (AvgIpc) is 2.75. The Balaban J connectivity index is 1.17. The van der Waals surface area contributed by atoms with Gasteiger partial charge in [0.1, 0.15) is 0 Å². The monoisotopic (exact) mass is 408 g/mol. The fourth-order valence-corrected chi connectivity index (χ4v) is 5.11. The molecule has 1 spiro atoms. The molecule has 4 rings (SSSR count). The van der Waals surface area contributed by atoms with Crippen molar-refractivity contribution in [2.75, 3.05) is 26.4 Å². The number of benzene rings is 2. The molecule has 0 unspecified atom stereocenters. The Kier molecular flexibility index (Phi) is 6.82. The molecule has 8 heteroatoms. The summed E-state index contributed by atoms with van der Waals surface area (Å²) in [5.41, 5.74) is 1.90. The van der Waals surface area contributed by atoms with E-state index < -0.39 is 17.2 Å². The average molecular weight is 408 g/mol. The van der Waals surface area contributed by atoms with Crippen molar-refractivity contribution in [2.24, 2.45) is 5.41 Å². The van der Waals surface area contributed by atoms with Gasteiger partial charge in [0, 0.05) is 0 Å². The third kappa shape index (κ3) is 5.54. The van der Waals surface area contributed by atoms with Crippen LogP contribution in [0.4, 0.5) is 0 Å². The van der Waals surface area contributed by atoms with E-state index in [9.17, 15) is 0 Å². The molecule has 2 aliphatic heterocycles. The van der Waals surface area contributed by atoms with Crippen molar-refractivity contribution >= 4 is 17.2 Å². The van der Waals surface area contributed by atoms with E-state index in [1.54, 1.807) is 0 Å². The molecule has 2 aliphatic rings. The summed E-state index contributed by atoms with van der Waals surface area (Å²) in [4.78, 5) is 0. The SMILES string of the molecule is c1ccc(COP2OCC3(CO2)COP(OCc2ccccc2)OC3)cc1. The standard InChI is InChI=1S/C19H22O6P2/c1-3-7-17(8-4-1)11-20-26-22-13-19(14-23-26)15-24-27(25-16-19)21-12-18-9-5-2-6-10-18/h1-10H,11-16H2. The molecule has 27 heavy (non-hydrogen) atoms. The maximum absolute atomic E-state index is 5.78. The predicted octanol–water partition coefficient (Wildman–Crippen LogP) is 4.95. The van der Waals surface area contributed by atoms with Gasteiger partial charge in [-0.3, -0.25) is 0 Å². The smallest absolute Gasteiger partial charge is 0.311 e. The fraction of sp³-hybridized carbons (Fsp3) is 0.368. The van der Waals surface area contributed by atoms with Gasteiger partial charge in [0.15, 0.2) is 0 Å². The van der Waals surface area contributed by atoms with E-state index in [1.165, 1.54) is 0 Å². The molecular weight excluding hydrogens is 386 g/mol. The molecular formula is C19H22O6P2. The summed E-state index contributed by atoms with van der Waals surface area (Å²) in [6.45, 7) is 2.94. The normalized spacial score (nSPS) is 28.3. The molecule has 2 aromatic carbocycles. The maximum Gasteiger partial charge on any atom is 0.333 e. The van der Waals surface area contributed by atoms with E-state index in [0.717, 1.165) is 11.1 Å². The van der Waals surface area contributed by atoms with E-state index in [4.69, 9.17) is 27.1 Å². The van der Waals surface area contributed by atoms with Crippen LogP contribution in [0.3, 0.4) is 0 Å². The van der Waals surface area contributed by atoms with E-state index in [-0.39, 0.29) is 5.41 Å². The molecule has 2 fully saturated rings. The van der Waals surface area contributed by atoms with E-state index in [2.05, 4.69) is 0 Å². The van der Waals surface area contributed by atoms with Gasteiger partial charge in [0.25, 0.3) is 0 Å². The number of hydrogen-bond donors (Lipinski definition) is 0. The molecule has 0 atom stereocenters. The highest BCUT2D eigenvalue weighted by molar-refractivity contribution is 7.42. The van der Waals surface area contributed by atoms with Crippen LogP contribution in [0, 0.1) is 5.41 Å². The molecule has 0 radical (unpaired) electrons. The third-order valence-corrected chi connectivity index (χ3v) is 6.30. The second-order valence-electron chi connectivity index (χ2n) is 6.56. The summed E-state index contributed by atoms with van der Waals surface area (Å²) >= 11 is 0. The Morgan fingerprint density at radius 1 is 0.630 bits per heavy atom. The summed E-state index contributed by atoms with van der Waals surface area (Å²) in [5, 5.41) is 0. The molecule has 144 valence electrons. The van der Waals surface area contributed by atoms with Crippen LogP contribution in [0.2, 0.25) is 0 Å². The lowest BCUT2D eigenvalue weighted by molar-refractivity contribution is -0.0772. The molecule has 0 aliphatic carbocycles. The first-order chi connectivity index (χ1) is 13.3. The topological polar surface area (TPSA) is 55.4 Å². The quantitative estimate of drug-likeness (QED) is 0.631. The number of hydrogen-bond acceptors (Lipinski definition) is 6. The van der Waals surface area contributed by atoms with Gasteiger partial charge in [-0.1, -0.05) is 60.7 Å². The third-order valence-electron chi connectivity index (χ3n) is 4.26. The van der Waals surface area contributed by atoms with Gasteiger partial charge in [-0.15, -0.1) is 0 Å². The summed E-state index contributed by atoms with van der Waals surface area (Å²) < 4.78 is 34.6. The molecule has 2 saturated heterocycles. The lowest BCUT2D eigenvalue weighted by Gasteiger charge is -2.41. The van der Waals surface area contributed by atoms with E-state index in [1.807, 2.05) is 60.7 Å². The molecule has 0 bridgehead atoms. The minimum absolute atomic E-state index is 0.288. The van der Waals surface area contributed by atoms with Crippen LogP contribution < -0.4 is 0 Å². The Labute approximate surface area is 161 Å². The van der Waals surface area contributed by atoms with Crippen LogP contribution in [-0.2, 0) is 40.4 Å². The fourth-order valence-electron chi connectivity index (χ4n) is 2.64. The zero-order valence-electron chi connectivity index (χ0n) is 14.9. The van der Waals surface area contributed by atoms with Crippen LogP contribution in [0.15, 0.2) is 60.7 Å². The molecule has 6 nitrogen and oxygen atoms in total. The highest BCUT2D eigenvalue weighted by atomic mass is 31.2. The largest absolute Gasteiger partial charge is 0.333 e. The van der Waals surface area contributed by atoms with Crippen molar-refractivity contribution in [3.63, 3.8) is 0 Å². The van der Waals surface area contributed by atoms with Crippen molar-refractivity contribution in [2.45, 2.75) is 13.2 Å². The van der Waals surface area contributed by atoms with Gasteiger partial charge in [0.05, 0.1) is 45.1 Å². The highest BCUT2D eigenvalue weighted by Crippen LogP contribution is 2.53. The van der Waals surface area contributed by atoms with Gasteiger partial charge in [0.2, 0.25) is 0 Å². The Bertz CT molecular complexity index is 621.